The predicted octanol–water partition coefficient (Wildman–Crippen LogP) is 3.00. The van der Waals surface area contributed by atoms with Crippen molar-refractivity contribution >= 4 is 15.7 Å². The molecule has 0 saturated heterocycles. The van der Waals surface area contributed by atoms with Crippen molar-refractivity contribution in [2.45, 2.75) is 18.7 Å². The van der Waals surface area contributed by atoms with E-state index in [0.29, 0.717) is 11.3 Å². The van der Waals surface area contributed by atoms with E-state index in [-0.39, 0.29) is 4.90 Å². The van der Waals surface area contributed by atoms with Gasteiger partial charge in [-0.05, 0) is 55.3 Å². The van der Waals surface area contributed by atoms with Crippen molar-refractivity contribution in [3.05, 3.63) is 59.2 Å². The Kier molecular flexibility index (Phi) is 4.01. The summed E-state index contributed by atoms with van der Waals surface area (Å²) in [5, 5.41) is 8.91. The summed E-state index contributed by atoms with van der Waals surface area (Å²) in [6.45, 7) is 3.82. The van der Waals surface area contributed by atoms with Gasteiger partial charge in [0.15, 0.2) is 0 Å². The number of sulfonamides is 1. The monoisotopic (exact) mass is 300 g/mol. The van der Waals surface area contributed by atoms with Gasteiger partial charge in [-0.25, -0.2) is 8.42 Å². The molecule has 0 aliphatic carbocycles. The Bertz CT molecular complexity index is 820. The topological polar surface area (TPSA) is 61.2 Å². The van der Waals surface area contributed by atoms with Crippen LogP contribution in [0.2, 0.25) is 0 Å². The predicted molar refractivity (Wildman–Crippen MR) is 82.7 cm³/mol. The van der Waals surface area contributed by atoms with Crippen LogP contribution in [0, 0.1) is 25.2 Å². The average molecular weight is 300 g/mol. The quantitative estimate of drug-likeness (QED) is 0.875. The number of benzene rings is 2. The smallest absolute Gasteiger partial charge is 0.264 e. The minimum atomic E-state index is -3.63. The molecule has 0 bridgehead atoms. The minimum Gasteiger partial charge on any atom is -0.269 e. The third kappa shape index (κ3) is 2.91. The van der Waals surface area contributed by atoms with Crippen LogP contribution in [-0.2, 0) is 10.0 Å². The van der Waals surface area contributed by atoms with Gasteiger partial charge in [0.05, 0.1) is 22.2 Å². The SMILES string of the molecule is Cc1ccc(S(=O)(=O)N(C)c2cccc(C#N)c2)cc1C. The summed E-state index contributed by atoms with van der Waals surface area (Å²) >= 11 is 0. The molecule has 0 aromatic heterocycles. The fourth-order valence-electron chi connectivity index (χ4n) is 1.94. The summed E-state index contributed by atoms with van der Waals surface area (Å²) in [6, 6.07) is 13.6. The molecule has 2 aromatic rings. The van der Waals surface area contributed by atoms with E-state index in [4.69, 9.17) is 5.26 Å². The maximum Gasteiger partial charge on any atom is 0.264 e. The molecule has 5 heteroatoms. The van der Waals surface area contributed by atoms with Crippen LogP contribution in [0.15, 0.2) is 47.4 Å². The highest BCUT2D eigenvalue weighted by Gasteiger charge is 2.21. The van der Waals surface area contributed by atoms with Crippen molar-refractivity contribution in [1.82, 2.24) is 0 Å². The fourth-order valence-corrected chi connectivity index (χ4v) is 3.22. The van der Waals surface area contributed by atoms with Crippen LogP contribution in [0.5, 0.6) is 0 Å². The zero-order valence-corrected chi connectivity index (χ0v) is 13.0. The van der Waals surface area contributed by atoms with Crippen LogP contribution in [0.25, 0.3) is 0 Å². The number of anilines is 1. The van der Waals surface area contributed by atoms with Gasteiger partial charge in [0.2, 0.25) is 0 Å². The summed E-state index contributed by atoms with van der Waals surface area (Å²) < 4.78 is 26.5. The first-order valence-corrected chi connectivity index (χ1v) is 7.86. The molecular weight excluding hydrogens is 284 g/mol. The van der Waals surface area contributed by atoms with Crippen LogP contribution in [0.1, 0.15) is 16.7 Å². The van der Waals surface area contributed by atoms with Crippen LogP contribution >= 0.6 is 0 Å². The van der Waals surface area contributed by atoms with Crippen molar-refractivity contribution in [3.8, 4) is 6.07 Å². The third-order valence-electron chi connectivity index (χ3n) is 3.48. The first-order valence-electron chi connectivity index (χ1n) is 6.42. The van der Waals surface area contributed by atoms with E-state index in [2.05, 4.69) is 0 Å². The average Bonchev–Trinajstić information content (AvgIpc) is 2.49. The van der Waals surface area contributed by atoms with E-state index in [1.807, 2.05) is 19.9 Å². The molecule has 0 unspecified atom stereocenters. The largest absolute Gasteiger partial charge is 0.269 e. The van der Waals surface area contributed by atoms with Gasteiger partial charge < -0.3 is 0 Å². The lowest BCUT2D eigenvalue weighted by Crippen LogP contribution is -2.26. The molecule has 108 valence electrons. The van der Waals surface area contributed by atoms with Crippen molar-refractivity contribution in [2.24, 2.45) is 0 Å². The number of hydrogen-bond acceptors (Lipinski definition) is 3. The number of aryl methyl sites for hydroxylation is 2. The fraction of sp³-hybridized carbons (Fsp3) is 0.188. The number of nitrogens with zero attached hydrogens (tertiary/aromatic N) is 2. The molecule has 21 heavy (non-hydrogen) atoms. The Balaban J connectivity index is 2.47. The first kappa shape index (κ1) is 15.1. The summed E-state index contributed by atoms with van der Waals surface area (Å²) in [5.41, 5.74) is 2.86. The third-order valence-corrected chi connectivity index (χ3v) is 5.26. The van der Waals surface area contributed by atoms with E-state index in [1.54, 1.807) is 42.5 Å². The summed E-state index contributed by atoms with van der Waals surface area (Å²) in [4.78, 5) is 0.246. The Morgan fingerprint density at radius 1 is 1.05 bits per heavy atom. The summed E-state index contributed by atoms with van der Waals surface area (Å²) in [6.07, 6.45) is 0. The van der Waals surface area contributed by atoms with Gasteiger partial charge in [-0.3, -0.25) is 4.31 Å². The standard InChI is InChI=1S/C16H16N2O2S/c1-12-7-8-16(9-13(12)2)21(19,20)18(3)15-6-4-5-14(10-15)11-17/h4-10H,1-3H3. The summed E-state index contributed by atoms with van der Waals surface area (Å²) in [5.74, 6) is 0. The van der Waals surface area contributed by atoms with Crippen molar-refractivity contribution < 1.29 is 8.42 Å². The Hall–Kier alpha value is -2.32. The van der Waals surface area contributed by atoms with Gasteiger partial charge >= 0.3 is 0 Å². The van der Waals surface area contributed by atoms with Crippen LogP contribution in [0.4, 0.5) is 5.69 Å². The molecule has 0 heterocycles. The highest BCUT2D eigenvalue weighted by atomic mass is 32.2. The van der Waals surface area contributed by atoms with Gasteiger partial charge in [-0.1, -0.05) is 12.1 Å². The molecule has 2 aromatic carbocycles. The lowest BCUT2D eigenvalue weighted by atomic mass is 10.1. The molecule has 2 rings (SSSR count). The van der Waals surface area contributed by atoms with Gasteiger partial charge in [0.25, 0.3) is 10.0 Å². The highest BCUT2D eigenvalue weighted by Crippen LogP contribution is 2.24. The minimum absolute atomic E-state index is 0.246. The lowest BCUT2D eigenvalue weighted by molar-refractivity contribution is 0.594. The van der Waals surface area contributed by atoms with Gasteiger partial charge in [0, 0.05) is 7.05 Å². The second-order valence-electron chi connectivity index (χ2n) is 4.88. The van der Waals surface area contributed by atoms with Gasteiger partial charge in [-0.15, -0.1) is 0 Å². The van der Waals surface area contributed by atoms with Crippen molar-refractivity contribution in [1.29, 1.82) is 5.26 Å². The summed E-state index contributed by atoms with van der Waals surface area (Å²) in [7, 11) is -2.15. The second-order valence-corrected chi connectivity index (χ2v) is 6.85. The van der Waals surface area contributed by atoms with Crippen LogP contribution < -0.4 is 4.31 Å². The molecule has 0 atom stereocenters. The molecule has 0 fully saturated rings. The zero-order valence-electron chi connectivity index (χ0n) is 12.2. The van der Waals surface area contributed by atoms with E-state index in [9.17, 15) is 8.42 Å². The maximum atomic E-state index is 12.6. The first-order chi connectivity index (χ1) is 9.86. The van der Waals surface area contributed by atoms with Gasteiger partial charge in [-0.2, -0.15) is 5.26 Å². The van der Waals surface area contributed by atoms with Crippen LogP contribution in [-0.4, -0.2) is 15.5 Å². The normalized spacial score (nSPS) is 11.0. The molecule has 0 saturated carbocycles. The molecule has 0 spiro atoms. The number of rotatable bonds is 3. The van der Waals surface area contributed by atoms with E-state index in [1.165, 1.54) is 11.4 Å². The molecular formula is C16H16N2O2S. The Morgan fingerprint density at radius 3 is 2.38 bits per heavy atom. The zero-order chi connectivity index (χ0) is 15.6. The van der Waals surface area contributed by atoms with Crippen molar-refractivity contribution in [3.63, 3.8) is 0 Å². The molecule has 4 nitrogen and oxygen atoms in total. The van der Waals surface area contributed by atoms with E-state index >= 15 is 0 Å². The lowest BCUT2D eigenvalue weighted by Gasteiger charge is -2.20. The van der Waals surface area contributed by atoms with E-state index < -0.39 is 10.0 Å². The number of hydrogen-bond donors (Lipinski definition) is 0. The number of nitriles is 1. The Labute approximate surface area is 125 Å². The van der Waals surface area contributed by atoms with Gasteiger partial charge in [0.1, 0.15) is 0 Å². The maximum absolute atomic E-state index is 12.6. The molecule has 0 radical (unpaired) electrons. The second kappa shape index (κ2) is 5.58. The molecule has 0 aliphatic rings. The van der Waals surface area contributed by atoms with Crippen molar-refractivity contribution in [2.75, 3.05) is 11.4 Å². The Morgan fingerprint density at radius 2 is 1.76 bits per heavy atom. The van der Waals surface area contributed by atoms with Crippen LogP contribution in [0.3, 0.4) is 0 Å². The van der Waals surface area contributed by atoms with E-state index in [0.717, 1.165) is 11.1 Å². The highest BCUT2D eigenvalue weighted by molar-refractivity contribution is 7.92. The molecule has 0 N–H and O–H groups in total. The molecule has 0 aliphatic heterocycles. The molecule has 0 amide bonds.